The number of aromatic nitrogens is 1. The minimum absolute atomic E-state index is 0.0686. The van der Waals surface area contributed by atoms with Crippen LogP contribution in [0.25, 0.3) is 11.1 Å². The predicted octanol–water partition coefficient (Wildman–Crippen LogP) is 0.321. The molecule has 110 valence electrons. The molecule has 2 N–H and O–H groups in total. The second-order valence-electron chi connectivity index (χ2n) is 4.36. The number of nitrogens with zero attached hydrogens (tertiary/aromatic N) is 3. The molecule has 2 rings (SSSR count). The molecule has 0 bridgehead atoms. The monoisotopic (exact) mass is 289 g/mol. The molecule has 0 saturated heterocycles. The second kappa shape index (κ2) is 6.83. The Bertz CT molecular complexity index is 668. The first-order chi connectivity index (χ1) is 10.2. The molecule has 0 aliphatic heterocycles. The van der Waals surface area contributed by atoms with E-state index in [9.17, 15) is 4.79 Å². The summed E-state index contributed by atoms with van der Waals surface area (Å²) in [6.07, 6.45) is 0.0686. The SMILES string of the molecule is N#CCc1nc2cc(C(=O)N(CCO)CCO)ccc2o1. The molecule has 1 aromatic carbocycles. The number of aliphatic hydroxyl groups excluding tert-OH is 2. The third kappa shape index (κ3) is 3.37. The van der Waals surface area contributed by atoms with Crippen molar-refractivity contribution in [3.8, 4) is 6.07 Å². The smallest absolute Gasteiger partial charge is 0.254 e. The maximum absolute atomic E-state index is 12.3. The molecule has 2 aromatic rings. The summed E-state index contributed by atoms with van der Waals surface area (Å²) in [7, 11) is 0. The molecule has 0 aliphatic rings. The Hall–Kier alpha value is -2.43. The van der Waals surface area contributed by atoms with E-state index in [1.165, 1.54) is 4.90 Å². The zero-order chi connectivity index (χ0) is 15.2. The summed E-state index contributed by atoms with van der Waals surface area (Å²) in [4.78, 5) is 17.8. The van der Waals surface area contributed by atoms with Gasteiger partial charge in [-0.1, -0.05) is 0 Å². The van der Waals surface area contributed by atoms with E-state index in [0.29, 0.717) is 22.6 Å². The summed E-state index contributed by atoms with van der Waals surface area (Å²) in [6, 6.07) is 6.73. The Labute approximate surface area is 121 Å². The highest BCUT2D eigenvalue weighted by Gasteiger charge is 2.16. The third-order valence-corrected chi connectivity index (χ3v) is 2.94. The maximum Gasteiger partial charge on any atom is 0.254 e. The average molecular weight is 289 g/mol. The molecule has 7 nitrogen and oxygen atoms in total. The number of nitriles is 1. The number of hydrogen-bond acceptors (Lipinski definition) is 6. The van der Waals surface area contributed by atoms with Gasteiger partial charge in [0.1, 0.15) is 11.9 Å². The van der Waals surface area contributed by atoms with Gasteiger partial charge in [0.15, 0.2) is 5.58 Å². The molecule has 7 heteroatoms. The van der Waals surface area contributed by atoms with Crippen molar-refractivity contribution >= 4 is 17.0 Å². The first kappa shape index (κ1) is 15.0. The van der Waals surface area contributed by atoms with Crippen LogP contribution in [0, 0.1) is 11.3 Å². The standard InChI is InChI=1S/C14H15N3O4/c15-4-3-13-16-11-9-10(1-2-12(11)21-13)14(20)17(5-7-18)6-8-19/h1-2,9,18-19H,3,5-8H2. The van der Waals surface area contributed by atoms with Crippen LogP contribution in [-0.4, -0.2) is 52.3 Å². The summed E-state index contributed by atoms with van der Waals surface area (Å²) in [5, 5.41) is 26.5. The quantitative estimate of drug-likeness (QED) is 0.792. The summed E-state index contributed by atoms with van der Waals surface area (Å²) < 4.78 is 5.36. The van der Waals surface area contributed by atoms with E-state index in [0.717, 1.165) is 0 Å². The van der Waals surface area contributed by atoms with E-state index < -0.39 is 0 Å². The van der Waals surface area contributed by atoms with E-state index in [1.807, 2.05) is 6.07 Å². The number of carbonyl (C=O) groups excluding carboxylic acids is 1. The summed E-state index contributed by atoms with van der Waals surface area (Å²) >= 11 is 0. The van der Waals surface area contributed by atoms with E-state index >= 15 is 0 Å². The van der Waals surface area contributed by atoms with Crippen LogP contribution in [0.15, 0.2) is 22.6 Å². The predicted molar refractivity (Wildman–Crippen MR) is 73.4 cm³/mol. The molecular weight excluding hydrogens is 274 g/mol. The maximum atomic E-state index is 12.3. The highest BCUT2D eigenvalue weighted by atomic mass is 16.3. The van der Waals surface area contributed by atoms with Gasteiger partial charge in [0.2, 0.25) is 5.89 Å². The number of amides is 1. The summed E-state index contributed by atoms with van der Waals surface area (Å²) in [5.41, 5.74) is 1.40. The van der Waals surface area contributed by atoms with Gasteiger partial charge < -0.3 is 19.5 Å². The van der Waals surface area contributed by atoms with Crippen molar-refractivity contribution < 1.29 is 19.4 Å². The Morgan fingerprint density at radius 1 is 1.33 bits per heavy atom. The topological polar surface area (TPSA) is 111 Å². The van der Waals surface area contributed by atoms with Gasteiger partial charge in [0.05, 0.1) is 19.3 Å². The largest absolute Gasteiger partial charge is 0.440 e. The number of carbonyl (C=O) groups is 1. The fourth-order valence-corrected chi connectivity index (χ4v) is 1.99. The number of aliphatic hydroxyl groups is 2. The Balaban J connectivity index is 2.28. The number of rotatable bonds is 6. The zero-order valence-corrected chi connectivity index (χ0v) is 11.3. The van der Waals surface area contributed by atoms with Crippen LogP contribution in [0.4, 0.5) is 0 Å². The molecule has 0 fully saturated rings. The van der Waals surface area contributed by atoms with Crippen LogP contribution >= 0.6 is 0 Å². The van der Waals surface area contributed by atoms with Crippen molar-refractivity contribution in [1.82, 2.24) is 9.88 Å². The van der Waals surface area contributed by atoms with Crippen molar-refractivity contribution in [3.63, 3.8) is 0 Å². The van der Waals surface area contributed by atoms with Gasteiger partial charge in [0, 0.05) is 18.7 Å². The first-order valence-electron chi connectivity index (χ1n) is 6.47. The molecule has 1 aromatic heterocycles. The Morgan fingerprint density at radius 3 is 2.67 bits per heavy atom. The van der Waals surface area contributed by atoms with Crippen LogP contribution in [0.1, 0.15) is 16.2 Å². The van der Waals surface area contributed by atoms with Crippen molar-refractivity contribution in [1.29, 1.82) is 5.26 Å². The number of benzene rings is 1. The van der Waals surface area contributed by atoms with Crippen LogP contribution in [-0.2, 0) is 6.42 Å². The molecule has 21 heavy (non-hydrogen) atoms. The van der Waals surface area contributed by atoms with Crippen LogP contribution in [0.5, 0.6) is 0 Å². The molecule has 0 aliphatic carbocycles. The van der Waals surface area contributed by atoms with Gasteiger partial charge in [-0.15, -0.1) is 0 Å². The van der Waals surface area contributed by atoms with Crippen molar-refractivity contribution in [2.45, 2.75) is 6.42 Å². The molecule has 0 spiro atoms. The Morgan fingerprint density at radius 2 is 2.05 bits per heavy atom. The first-order valence-corrected chi connectivity index (χ1v) is 6.47. The summed E-state index contributed by atoms with van der Waals surface area (Å²) in [5.74, 6) is 0.00417. The van der Waals surface area contributed by atoms with Crippen molar-refractivity contribution in [3.05, 3.63) is 29.7 Å². The lowest BCUT2D eigenvalue weighted by molar-refractivity contribution is 0.0685. The van der Waals surface area contributed by atoms with E-state index in [4.69, 9.17) is 19.9 Å². The van der Waals surface area contributed by atoms with Crippen LogP contribution < -0.4 is 0 Å². The highest BCUT2D eigenvalue weighted by molar-refractivity contribution is 5.97. The average Bonchev–Trinajstić information content (AvgIpc) is 2.88. The van der Waals surface area contributed by atoms with Gasteiger partial charge in [0.25, 0.3) is 5.91 Å². The molecular formula is C14H15N3O4. The van der Waals surface area contributed by atoms with Crippen LogP contribution in [0.2, 0.25) is 0 Å². The number of oxazole rings is 1. The van der Waals surface area contributed by atoms with Gasteiger partial charge in [-0.3, -0.25) is 4.79 Å². The highest BCUT2D eigenvalue weighted by Crippen LogP contribution is 2.18. The molecule has 0 atom stereocenters. The molecule has 1 heterocycles. The third-order valence-electron chi connectivity index (χ3n) is 2.94. The zero-order valence-electron chi connectivity index (χ0n) is 11.3. The lowest BCUT2D eigenvalue weighted by Gasteiger charge is -2.20. The van der Waals surface area contributed by atoms with Crippen LogP contribution in [0.3, 0.4) is 0 Å². The van der Waals surface area contributed by atoms with E-state index in [-0.39, 0.29) is 38.6 Å². The fraction of sp³-hybridized carbons (Fsp3) is 0.357. The molecule has 0 radical (unpaired) electrons. The van der Waals surface area contributed by atoms with Crippen molar-refractivity contribution in [2.75, 3.05) is 26.3 Å². The lowest BCUT2D eigenvalue weighted by Crippen LogP contribution is -2.35. The minimum atomic E-state index is -0.301. The minimum Gasteiger partial charge on any atom is -0.440 e. The van der Waals surface area contributed by atoms with E-state index in [1.54, 1.807) is 18.2 Å². The summed E-state index contributed by atoms with van der Waals surface area (Å²) in [6.45, 7) is -0.0552. The normalized spacial score (nSPS) is 10.5. The number of hydrogen-bond donors (Lipinski definition) is 2. The van der Waals surface area contributed by atoms with Gasteiger partial charge in [-0.25, -0.2) is 4.98 Å². The second-order valence-corrected chi connectivity index (χ2v) is 4.36. The lowest BCUT2D eigenvalue weighted by atomic mass is 10.2. The molecule has 1 amide bonds. The van der Waals surface area contributed by atoms with Gasteiger partial charge in [-0.2, -0.15) is 5.26 Å². The number of fused-ring (bicyclic) bond motifs is 1. The fourth-order valence-electron chi connectivity index (χ4n) is 1.99. The Kier molecular flexibility index (Phi) is 4.87. The van der Waals surface area contributed by atoms with Gasteiger partial charge in [-0.05, 0) is 18.2 Å². The molecule has 0 saturated carbocycles. The molecule has 0 unspecified atom stereocenters. The van der Waals surface area contributed by atoms with Crippen molar-refractivity contribution in [2.24, 2.45) is 0 Å². The van der Waals surface area contributed by atoms with Gasteiger partial charge >= 0.3 is 0 Å². The van der Waals surface area contributed by atoms with E-state index in [2.05, 4.69) is 4.98 Å².